The zero-order chi connectivity index (χ0) is 13.8. The lowest BCUT2D eigenvalue weighted by Crippen LogP contribution is -2.51. The standard InChI is InChI=1S/C11H17N5O3/c1-14-3-2-9(13-14)12-11(19)16-6-4-15(5-7-16)8-10(17)18/h2-3H,4-8H2,1H3,(H,17,18)(H,12,13,19). The van der Waals surface area contributed by atoms with Crippen molar-refractivity contribution in [2.45, 2.75) is 0 Å². The number of carbonyl (C=O) groups is 2. The van der Waals surface area contributed by atoms with Gasteiger partial charge in [0.25, 0.3) is 0 Å². The molecule has 2 rings (SSSR count). The number of piperazine rings is 1. The zero-order valence-electron chi connectivity index (χ0n) is 10.7. The molecule has 0 radical (unpaired) electrons. The molecule has 2 N–H and O–H groups in total. The van der Waals surface area contributed by atoms with Crippen LogP contribution >= 0.6 is 0 Å². The SMILES string of the molecule is Cn1ccc(NC(=O)N2CCN(CC(=O)O)CC2)n1. The number of carboxylic acids is 1. The fraction of sp³-hybridized carbons (Fsp3) is 0.545. The Hall–Kier alpha value is -2.09. The minimum absolute atomic E-state index is 0.0235. The van der Waals surface area contributed by atoms with Gasteiger partial charge in [-0.25, -0.2) is 4.79 Å². The molecule has 19 heavy (non-hydrogen) atoms. The third kappa shape index (κ3) is 3.68. The van der Waals surface area contributed by atoms with Crippen LogP contribution in [0.25, 0.3) is 0 Å². The van der Waals surface area contributed by atoms with E-state index in [1.165, 1.54) is 0 Å². The van der Waals surface area contributed by atoms with Crippen LogP contribution in [0.15, 0.2) is 12.3 Å². The quantitative estimate of drug-likeness (QED) is 0.781. The Bertz CT molecular complexity index is 465. The van der Waals surface area contributed by atoms with E-state index in [4.69, 9.17) is 5.11 Å². The van der Waals surface area contributed by atoms with Crippen LogP contribution in [-0.2, 0) is 11.8 Å². The number of rotatable bonds is 3. The van der Waals surface area contributed by atoms with E-state index in [0.29, 0.717) is 32.0 Å². The second kappa shape index (κ2) is 5.70. The summed E-state index contributed by atoms with van der Waals surface area (Å²) in [4.78, 5) is 26.0. The van der Waals surface area contributed by atoms with Crippen LogP contribution in [0.5, 0.6) is 0 Å². The number of aryl methyl sites for hydroxylation is 1. The number of hydrogen-bond donors (Lipinski definition) is 2. The zero-order valence-corrected chi connectivity index (χ0v) is 10.7. The summed E-state index contributed by atoms with van der Waals surface area (Å²) in [5.74, 6) is -0.327. The van der Waals surface area contributed by atoms with Crippen LogP contribution in [-0.4, -0.2) is 69.4 Å². The molecule has 104 valence electrons. The average Bonchev–Trinajstić information content (AvgIpc) is 2.75. The summed E-state index contributed by atoms with van der Waals surface area (Å²) < 4.78 is 1.61. The van der Waals surface area contributed by atoms with E-state index < -0.39 is 5.97 Å². The van der Waals surface area contributed by atoms with Gasteiger partial charge in [-0.05, 0) is 0 Å². The normalized spacial score (nSPS) is 16.4. The van der Waals surface area contributed by atoms with E-state index in [1.54, 1.807) is 28.9 Å². The van der Waals surface area contributed by atoms with Crippen molar-refractivity contribution in [3.63, 3.8) is 0 Å². The molecular weight excluding hydrogens is 250 g/mol. The topological polar surface area (TPSA) is 90.7 Å². The van der Waals surface area contributed by atoms with Crippen molar-refractivity contribution < 1.29 is 14.7 Å². The fourth-order valence-corrected chi connectivity index (χ4v) is 1.97. The van der Waals surface area contributed by atoms with E-state index in [0.717, 1.165) is 0 Å². The van der Waals surface area contributed by atoms with Gasteiger partial charge in [0.2, 0.25) is 0 Å². The van der Waals surface area contributed by atoms with Crippen LogP contribution < -0.4 is 5.32 Å². The second-order valence-corrected chi connectivity index (χ2v) is 4.46. The van der Waals surface area contributed by atoms with E-state index in [-0.39, 0.29) is 12.6 Å². The summed E-state index contributed by atoms with van der Waals surface area (Å²) in [6, 6.07) is 1.52. The average molecular weight is 267 g/mol. The van der Waals surface area contributed by atoms with E-state index in [1.807, 2.05) is 4.90 Å². The molecule has 0 aliphatic carbocycles. The number of nitrogens with zero attached hydrogens (tertiary/aromatic N) is 4. The number of carbonyl (C=O) groups excluding carboxylic acids is 1. The number of nitrogens with one attached hydrogen (secondary N) is 1. The third-order valence-corrected chi connectivity index (χ3v) is 2.97. The van der Waals surface area contributed by atoms with Crippen molar-refractivity contribution in [2.24, 2.45) is 7.05 Å². The first kappa shape index (κ1) is 13.3. The Morgan fingerprint density at radius 3 is 2.58 bits per heavy atom. The highest BCUT2D eigenvalue weighted by Crippen LogP contribution is 2.06. The Morgan fingerprint density at radius 1 is 1.37 bits per heavy atom. The third-order valence-electron chi connectivity index (χ3n) is 2.97. The molecule has 1 aromatic heterocycles. The van der Waals surface area contributed by atoms with Crippen LogP contribution in [0.1, 0.15) is 0 Å². The first-order chi connectivity index (χ1) is 9.04. The highest BCUT2D eigenvalue weighted by Gasteiger charge is 2.22. The number of urea groups is 1. The predicted molar refractivity (Wildman–Crippen MR) is 67.9 cm³/mol. The maximum atomic E-state index is 11.9. The van der Waals surface area contributed by atoms with Gasteiger partial charge in [0.05, 0.1) is 6.54 Å². The first-order valence-corrected chi connectivity index (χ1v) is 6.04. The summed E-state index contributed by atoms with van der Waals surface area (Å²) in [6.45, 7) is 2.21. The van der Waals surface area contributed by atoms with Crippen LogP contribution in [0, 0.1) is 0 Å². The molecule has 2 amide bonds. The maximum Gasteiger partial charge on any atom is 0.323 e. The van der Waals surface area contributed by atoms with Crippen molar-refractivity contribution in [1.82, 2.24) is 19.6 Å². The summed E-state index contributed by atoms with van der Waals surface area (Å²) in [7, 11) is 1.78. The molecule has 0 saturated carbocycles. The van der Waals surface area contributed by atoms with Gasteiger partial charge in [-0.3, -0.25) is 19.7 Å². The van der Waals surface area contributed by atoms with Crippen molar-refractivity contribution in [2.75, 3.05) is 38.0 Å². The molecule has 1 fully saturated rings. The molecule has 1 aromatic rings. The Balaban J connectivity index is 1.80. The molecule has 8 heteroatoms. The smallest absolute Gasteiger partial charge is 0.323 e. The highest BCUT2D eigenvalue weighted by atomic mass is 16.4. The number of anilines is 1. The van der Waals surface area contributed by atoms with E-state index in [9.17, 15) is 9.59 Å². The van der Waals surface area contributed by atoms with Crippen molar-refractivity contribution in [3.05, 3.63) is 12.3 Å². The van der Waals surface area contributed by atoms with E-state index >= 15 is 0 Å². The van der Waals surface area contributed by atoms with Crippen molar-refractivity contribution >= 4 is 17.8 Å². The molecule has 1 saturated heterocycles. The van der Waals surface area contributed by atoms with Crippen LogP contribution in [0.3, 0.4) is 0 Å². The largest absolute Gasteiger partial charge is 0.480 e. The molecule has 1 aliphatic heterocycles. The number of hydrogen-bond acceptors (Lipinski definition) is 4. The monoisotopic (exact) mass is 267 g/mol. The number of amides is 2. The molecular formula is C11H17N5O3. The minimum Gasteiger partial charge on any atom is -0.480 e. The van der Waals surface area contributed by atoms with Gasteiger partial charge >= 0.3 is 12.0 Å². The van der Waals surface area contributed by atoms with Gasteiger partial charge in [-0.15, -0.1) is 0 Å². The lowest BCUT2D eigenvalue weighted by atomic mass is 10.3. The minimum atomic E-state index is -0.841. The lowest BCUT2D eigenvalue weighted by molar-refractivity contribution is -0.138. The molecule has 0 aromatic carbocycles. The van der Waals surface area contributed by atoms with Gasteiger partial charge in [0, 0.05) is 45.5 Å². The second-order valence-electron chi connectivity index (χ2n) is 4.46. The molecule has 1 aliphatic rings. The number of aliphatic carboxylic acids is 1. The van der Waals surface area contributed by atoms with Gasteiger partial charge < -0.3 is 10.0 Å². The molecule has 8 nitrogen and oxygen atoms in total. The van der Waals surface area contributed by atoms with Crippen molar-refractivity contribution in [3.8, 4) is 0 Å². The van der Waals surface area contributed by atoms with Crippen molar-refractivity contribution in [1.29, 1.82) is 0 Å². The Labute approximate surface area is 110 Å². The summed E-state index contributed by atoms with van der Waals surface area (Å²) >= 11 is 0. The fourth-order valence-electron chi connectivity index (χ4n) is 1.97. The Morgan fingerprint density at radius 2 is 2.05 bits per heavy atom. The summed E-state index contributed by atoms with van der Waals surface area (Å²) in [5.41, 5.74) is 0. The highest BCUT2D eigenvalue weighted by molar-refractivity contribution is 5.88. The maximum absolute atomic E-state index is 11.9. The van der Waals surface area contributed by atoms with Gasteiger partial charge in [0.1, 0.15) is 0 Å². The number of carboxylic acid groups (broad SMARTS) is 1. The predicted octanol–water partition coefficient (Wildman–Crippen LogP) is -0.346. The lowest BCUT2D eigenvalue weighted by Gasteiger charge is -2.33. The Kier molecular flexibility index (Phi) is 4.00. The molecule has 0 spiro atoms. The van der Waals surface area contributed by atoms with Gasteiger partial charge in [-0.2, -0.15) is 5.10 Å². The van der Waals surface area contributed by atoms with Gasteiger partial charge in [-0.1, -0.05) is 0 Å². The summed E-state index contributed by atoms with van der Waals surface area (Å²) in [6.07, 6.45) is 1.75. The number of aromatic nitrogens is 2. The molecule has 0 bridgehead atoms. The van der Waals surface area contributed by atoms with Gasteiger partial charge in [0.15, 0.2) is 5.82 Å². The molecule has 0 unspecified atom stereocenters. The molecule has 2 heterocycles. The van der Waals surface area contributed by atoms with Crippen LogP contribution in [0.2, 0.25) is 0 Å². The van der Waals surface area contributed by atoms with E-state index in [2.05, 4.69) is 10.4 Å². The first-order valence-electron chi connectivity index (χ1n) is 6.04. The summed E-state index contributed by atoms with van der Waals surface area (Å²) in [5, 5.41) is 15.5. The van der Waals surface area contributed by atoms with Crippen LogP contribution in [0.4, 0.5) is 10.6 Å². The molecule has 0 atom stereocenters.